The summed E-state index contributed by atoms with van der Waals surface area (Å²) in [7, 11) is 0. The predicted molar refractivity (Wildman–Crippen MR) is 73.7 cm³/mol. The normalized spacial score (nSPS) is 18.4. The van der Waals surface area contributed by atoms with Crippen molar-refractivity contribution in [1.82, 2.24) is 5.32 Å². The minimum absolute atomic E-state index is 0.0351. The molecule has 1 amide bonds. The highest BCUT2D eigenvalue weighted by atomic mass is 16.5. The Balaban J connectivity index is 1.49. The Morgan fingerprint density at radius 2 is 1.89 bits per heavy atom. The van der Waals surface area contributed by atoms with Crippen molar-refractivity contribution in [2.45, 2.75) is 31.7 Å². The number of carbonyl (C=O) groups excluding carboxylic acids is 1. The molecule has 2 aliphatic rings. The van der Waals surface area contributed by atoms with Gasteiger partial charge >= 0.3 is 0 Å². The van der Waals surface area contributed by atoms with Crippen LogP contribution in [0.2, 0.25) is 0 Å². The average Bonchev–Trinajstić information content (AvgIpc) is 3.28. The lowest BCUT2D eigenvalue weighted by molar-refractivity contribution is -0.124. The fraction of sp³-hybridized carbons (Fsp3) is 0.533. The van der Waals surface area contributed by atoms with E-state index in [1.165, 1.54) is 25.7 Å². The molecule has 0 aliphatic heterocycles. The number of nitrogen functional groups attached to an aromatic ring is 1. The van der Waals surface area contributed by atoms with Crippen LogP contribution in [0.25, 0.3) is 0 Å². The van der Waals surface area contributed by atoms with Gasteiger partial charge in [0.1, 0.15) is 5.75 Å². The maximum Gasteiger partial charge on any atom is 0.258 e. The first kappa shape index (κ1) is 12.3. The number of para-hydroxylation sites is 2. The van der Waals surface area contributed by atoms with Crippen molar-refractivity contribution in [2.24, 2.45) is 11.8 Å². The van der Waals surface area contributed by atoms with Crippen LogP contribution >= 0.6 is 0 Å². The fourth-order valence-electron chi connectivity index (χ4n) is 2.51. The monoisotopic (exact) mass is 260 g/mol. The maximum atomic E-state index is 11.9. The zero-order chi connectivity index (χ0) is 13.2. The summed E-state index contributed by atoms with van der Waals surface area (Å²) in [4.78, 5) is 11.9. The Hall–Kier alpha value is -1.71. The molecule has 2 fully saturated rings. The number of hydrogen-bond acceptors (Lipinski definition) is 3. The van der Waals surface area contributed by atoms with Crippen molar-refractivity contribution in [3.05, 3.63) is 24.3 Å². The van der Waals surface area contributed by atoms with Gasteiger partial charge in [0.05, 0.1) is 5.69 Å². The molecule has 0 heterocycles. The zero-order valence-corrected chi connectivity index (χ0v) is 11.0. The molecule has 0 saturated heterocycles. The van der Waals surface area contributed by atoms with Crippen molar-refractivity contribution in [2.75, 3.05) is 12.3 Å². The van der Waals surface area contributed by atoms with Gasteiger partial charge in [-0.25, -0.2) is 0 Å². The van der Waals surface area contributed by atoms with E-state index >= 15 is 0 Å². The number of anilines is 1. The Labute approximate surface area is 113 Å². The first-order chi connectivity index (χ1) is 9.24. The van der Waals surface area contributed by atoms with Gasteiger partial charge in [0.15, 0.2) is 6.61 Å². The van der Waals surface area contributed by atoms with Gasteiger partial charge in [0, 0.05) is 6.04 Å². The summed E-state index contributed by atoms with van der Waals surface area (Å²) in [5.74, 6) is 1.95. The van der Waals surface area contributed by atoms with Gasteiger partial charge in [-0.15, -0.1) is 0 Å². The summed E-state index contributed by atoms with van der Waals surface area (Å²) in [6.45, 7) is 0.0458. The number of ether oxygens (including phenoxy) is 1. The van der Waals surface area contributed by atoms with E-state index in [0.717, 1.165) is 0 Å². The molecule has 4 heteroatoms. The van der Waals surface area contributed by atoms with Gasteiger partial charge in [-0.3, -0.25) is 4.79 Å². The minimum Gasteiger partial charge on any atom is -0.482 e. The van der Waals surface area contributed by atoms with Crippen LogP contribution in [0.5, 0.6) is 5.75 Å². The van der Waals surface area contributed by atoms with Crippen LogP contribution in [0.4, 0.5) is 5.69 Å². The van der Waals surface area contributed by atoms with E-state index in [2.05, 4.69) is 5.32 Å². The highest BCUT2D eigenvalue weighted by Gasteiger charge is 2.42. The van der Waals surface area contributed by atoms with Gasteiger partial charge in [0.25, 0.3) is 5.91 Å². The van der Waals surface area contributed by atoms with Crippen LogP contribution < -0.4 is 15.8 Å². The molecule has 0 atom stereocenters. The number of carbonyl (C=O) groups is 1. The third kappa shape index (κ3) is 3.19. The second-order valence-electron chi connectivity index (χ2n) is 5.59. The van der Waals surface area contributed by atoms with Gasteiger partial charge in [0.2, 0.25) is 0 Å². The molecule has 2 saturated carbocycles. The summed E-state index contributed by atoms with van der Waals surface area (Å²) in [5, 5.41) is 3.13. The third-order valence-corrected chi connectivity index (χ3v) is 3.87. The summed E-state index contributed by atoms with van der Waals surface area (Å²) in [6, 6.07) is 7.62. The number of amides is 1. The highest BCUT2D eigenvalue weighted by molar-refractivity contribution is 5.78. The Bertz CT molecular complexity index is 455. The second-order valence-corrected chi connectivity index (χ2v) is 5.59. The molecular formula is C15H20N2O2. The van der Waals surface area contributed by atoms with Crippen LogP contribution in [-0.4, -0.2) is 18.6 Å². The molecule has 1 aromatic carbocycles. The van der Waals surface area contributed by atoms with Crippen molar-refractivity contribution in [1.29, 1.82) is 0 Å². The molecule has 4 nitrogen and oxygen atoms in total. The molecule has 0 bridgehead atoms. The maximum absolute atomic E-state index is 11.9. The van der Waals surface area contributed by atoms with Crippen molar-refractivity contribution in [3.63, 3.8) is 0 Å². The molecule has 1 aromatic rings. The molecule has 102 valence electrons. The molecule has 3 rings (SSSR count). The molecular weight excluding hydrogens is 240 g/mol. The van der Waals surface area contributed by atoms with E-state index in [0.29, 0.717) is 29.3 Å². The lowest BCUT2D eigenvalue weighted by atomic mass is 10.1. The molecule has 19 heavy (non-hydrogen) atoms. The highest BCUT2D eigenvalue weighted by Crippen LogP contribution is 2.44. The average molecular weight is 260 g/mol. The predicted octanol–water partition coefficient (Wildman–Crippen LogP) is 1.95. The SMILES string of the molecule is Nc1ccccc1OCC(=O)NC(C1CC1)C1CC1. The Morgan fingerprint density at radius 1 is 1.26 bits per heavy atom. The van der Waals surface area contributed by atoms with Crippen molar-refractivity contribution >= 4 is 11.6 Å². The molecule has 0 aromatic heterocycles. The van der Waals surface area contributed by atoms with Gasteiger partial charge in [-0.2, -0.15) is 0 Å². The van der Waals surface area contributed by atoms with Gasteiger partial charge < -0.3 is 15.8 Å². The van der Waals surface area contributed by atoms with Crippen LogP contribution in [0.15, 0.2) is 24.3 Å². The van der Waals surface area contributed by atoms with Gasteiger partial charge in [-0.05, 0) is 49.7 Å². The molecule has 0 unspecified atom stereocenters. The largest absolute Gasteiger partial charge is 0.482 e. The summed E-state index contributed by atoms with van der Waals surface area (Å²) in [6.07, 6.45) is 5.03. The van der Waals surface area contributed by atoms with E-state index < -0.39 is 0 Å². The number of nitrogens with two attached hydrogens (primary N) is 1. The first-order valence-electron chi connectivity index (χ1n) is 7.00. The summed E-state index contributed by atoms with van der Waals surface area (Å²) in [5.41, 5.74) is 6.33. The van der Waals surface area contributed by atoms with E-state index in [1.54, 1.807) is 12.1 Å². The van der Waals surface area contributed by atoms with E-state index in [-0.39, 0.29) is 12.5 Å². The van der Waals surface area contributed by atoms with Crippen LogP contribution in [0.3, 0.4) is 0 Å². The van der Waals surface area contributed by atoms with Gasteiger partial charge in [-0.1, -0.05) is 12.1 Å². The lowest BCUT2D eigenvalue weighted by Crippen LogP contribution is -2.40. The van der Waals surface area contributed by atoms with E-state index in [4.69, 9.17) is 10.5 Å². The quantitative estimate of drug-likeness (QED) is 0.768. The summed E-state index contributed by atoms with van der Waals surface area (Å²) >= 11 is 0. The Kier molecular flexibility index (Phi) is 3.32. The number of nitrogens with one attached hydrogen (secondary N) is 1. The second kappa shape index (κ2) is 5.11. The van der Waals surface area contributed by atoms with E-state index in [1.807, 2.05) is 12.1 Å². The first-order valence-corrected chi connectivity index (χ1v) is 7.00. The van der Waals surface area contributed by atoms with Crippen LogP contribution in [0, 0.1) is 11.8 Å². The zero-order valence-electron chi connectivity index (χ0n) is 11.0. The molecule has 3 N–H and O–H groups in total. The molecule has 0 spiro atoms. The third-order valence-electron chi connectivity index (χ3n) is 3.87. The molecule has 2 aliphatic carbocycles. The smallest absolute Gasteiger partial charge is 0.258 e. The Morgan fingerprint density at radius 3 is 2.47 bits per heavy atom. The minimum atomic E-state index is -0.0351. The summed E-state index contributed by atoms with van der Waals surface area (Å²) < 4.78 is 5.46. The van der Waals surface area contributed by atoms with Crippen molar-refractivity contribution in [3.8, 4) is 5.75 Å². The number of hydrogen-bond donors (Lipinski definition) is 2. The number of rotatable bonds is 6. The molecule has 0 radical (unpaired) electrons. The lowest BCUT2D eigenvalue weighted by Gasteiger charge is -2.18. The van der Waals surface area contributed by atoms with Crippen LogP contribution in [0.1, 0.15) is 25.7 Å². The standard InChI is InChI=1S/C15H20N2O2/c16-12-3-1-2-4-13(12)19-9-14(18)17-15(10-5-6-10)11-7-8-11/h1-4,10-11,15H,5-9,16H2,(H,17,18). The number of benzene rings is 1. The van der Waals surface area contributed by atoms with Crippen LogP contribution in [-0.2, 0) is 4.79 Å². The van der Waals surface area contributed by atoms with Crippen molar-refractivity contribution < 1.29 is 9.53 Å². The van der Waals surface area contributed by atoms with E-state index in [9.17, 15) is 4.79 Å². The topological polar surface area (TPSA) is 64.3 Å². The fourth-order valence-corrected chi connectivity index (χ4v) is 2.51.